The van der Waals surface area contributed by atoms with Crippen LogP contribution in [0.1, 0.15) is 33.6 Å². The molecule has 12 heavy (non-hydrogen) atoms. The van der Waals surface area contributed by atoms with E-state index in [1.807, 2.05) is 0 Å². The molecule has 0 aromatic rings. The average molecular weight is 191 g/mol. The molecule has 0 fully saturated rings. The molecule has 0 aliphatic heterocycles. The molecule has 0 bridgehead atoms. The van der Waals surface area contributed by atoms with Crippen LogP contribution < -0.4 is 0 Å². The Kier molecular flexibility index (Phi) is 7.08. The van der Waals surface area contributed by atoms with Crippen LogP contribution in [0.2, 0.25) is 0 Å². The van der Waals surface area contributed by atoms with Crippen molar-refractivity contribution in [2.75, 3.05) is 31.3 Å². The molecule has 0 unspecified atom stereocenters. The van der Waals surface area contributed by atoms with Crippen LogP contribution in [0, 0.1) is 0 Å². The Hall–Kier alpha value is 0.390. The summed E-state index contributed by atoms with van der Waals surface area (Å²) >= 11 is 0. The van der Waals surface area contributed by atoms with Crippen LogP contribution in [0.4, 0.5) is 0 Å². The highest BCUT2D eigenvalue weighted by Crippen LogP contribution is 2.58. The lowest BCUT2D eigenvalue weighted by Crippen LogP contribution is -2.07. The fourth-order valence-corrected chi connectivity index (χ4v) is 4.89. The Labute approximate surface area is 77.9 Å². The molecule has 0 spiro atoms. The van der Waals surface area contributed by atoms with Crippen molar-refractivity contribution in [1.29, 1.82) is 0 Å². The molecule has 0 aromatic heterocycles. The number of unbranched alkanes of at least 4 members (excludes halogenated alkanes) is 1. The van der Waals surface area contributed by atoms with Crippen LogP contribution in [0.15, 0.2) is 0 Å². The van der Waals surface area contributed by atoms with Crippen molar-refractivity contribution in [2.24, 2.45) is 0 Å². The second-order valence-corrected chi connectivity index (χ2v) is 8.47. The van der Waals surface area contributed by atoms with Crippen LogP contribution in [0.3, 0.4) is 0 Å². The van der Waals surface area contributed by atoms with Crippen molar-refractivity contribution in [2.45, 2.75) is 33.6 Å². The van der Waals surface area contributed by atoms with Gasteiger partial charge in [-0.15, -0.1) is 0 Å². The van der Waals surface area contributed by atoms with Crippen molar-refractivity contribution >= 4 is 7.26 Å². The van der Waals surface area contributed by atoms with Gasteiger partial charge in [-0.25, -0.2) is 0 Å². The molecule has 0 saturated carbocycles. The third-order valence-electron chi connectivity index (χ3n) is 3.05. The summed E-state index contributed by atoms with van der Waals surface area (Å²) in [6, 6.07) is 0. The van der Waals surface area contributed by atoms with E-state index in [0.29, 0.717) is 6.61 Å². The lowest BCUT2D eigenvalue weighted by molar-refractivity contribution is 0.287. The molecule has 1 nitrogen and oxygen atoms in total. The maximum Gasteiger partial charge on any atom is 0.0594 e. The third-order valence-corrected chi connectivity index (χ3v) is 8.34. The standard InChI is InChI=1S/C10H24OP/c1-4-12(5-2,6-3)10-8-7-9-11/h11H,4-10H2,1-3H3/q+1. The Balaban J connectivity index is 3.76. The number of hydrogen-bond donors (Lipinski definition) is 1. The van der Waals surface area contributed by atoms with Gasteiger partial charge < -0.3 is 5.11 Å². The van der Waals surface area contributed by atoms with Crippen molar-refractivity contribution in [1.82, 2.24) is 0 Å². The van der Waals surface area contributed by atoms with E-state index in [0.717, 1.165) is 6.42 Å². The quantitative estimate of drug-likeness (QED) is 0.484. The number of rotatable bonds is 7. The smallest absolute Gasteiger partial charge is 0.0594 e. The Morgan fingerprint density at radius 3 is 1.75 bits per heavy atom. The normalized spacial score (nSPS) is 12.0. The van der Waals surface area contributed by atoms with Gasteiger partial charge in [-0.05, 0) is 33.6 Å². The summed E-state index contributed by atoms with van der Waals surface area (Å²) in [5.41, 5.74) is 0. The highest BCUT2D eigenvalue weighted by molar-refractivity contribution is 7.75. The van der Waals surface area contributed by atoms with E-state index in [1.54, 1.807) is 0 Å². The molecule has 0 aliphatic rings. The minimum absolute atomic E-state index is 0.372. The van der Waals surface area contributed by atoms with Gasteiger partial charge in [-0.2, -0.15) is 0 Å². The van der Waals surface area contributed by atoms with E-state index in [4.69, 9.17) is 5.11 Å². The molecule has 0 atom stereocenters. The SMILES string of the molecule is CC[P+](CC)(CC)CCCCO. The first-order chi connectivity index (χ1) is 5.74. The monoisotopic (exact) mass is 191 g/mol. The van der Waals surface area contributed by atoms with Gasteiger partial charge in [0.1, 0.15) is 0 Å². The fourth-order valence-electron chi connectivity index (χ4n) is 1.70. The van der Waals surface area contributed by atoms with Crippen molar-refractivity contribution < 1.29 is 5.11 Å². The van der Waals surface area contributed by atoms with Gasteiger partial charge >= 0.3 is 0 Å². The summed E-state index contributed by atoms with van der Waals surface area (Å²) in [4.78, 5) is 0. The van der Waals surface area contributed by atoms with Crippen LogP contribution in [0.5, 0.6) is 0 Å². The zero-order valence-electron chi connectivity index (χ0n) is 8.84. The lowest BCUT2D eigenvalue weighted by Gasteiger charge is -2.23. The maximum absolute atomic E-state index is 8.69. The number of aliphatic hydroxyl groups excluding tert-OH is 1. The van der Waals surface area contributed by atoms with E-state index in [1.165, 1.54) is 31.1 Å². The lowest BCUT2D eigenvalue weighted by atomic mass is 10.4. The van der Waals surface area contributed by atoms with Gasteiger partial charge in [-0.3, -0.25) is 0 Å². The molecule has 2 heteroatoms. The van der Waals surface area contributed by atoms with Crippen molar-refractivity contribution in [3.05, 3.63) is 0 Å². The van der Waals surface area contributed by atoms with E-state index < -0.39 is 7.26 Å². The van der Waals surface area contributed by atoms with Crippen molar-refractivity contribution in [3.8, 4) is 0 Å². The number of hydrogen-bond acceptors (Lipinski definition) is 1. The summed E-state index contributed by atoms with van der Waals surface area (Å²) < 4.78 is 0. The van der Waals surface area contributed by atoms with E-state index in [2.05, 4.69) is 20.8 Å². The van der Waals surface area contributed by atoms with Gasteiger partial charge in [-0.1, -0.05) is 0 Å². The molecule has 0 heterocycles. The Bertz CT molecular complexity index is 91.7. The second kappa shape index (κ2) is 6.86. The summed E-state index contributed by atoms with van der Waals surface area (Å²) in [6.45, 7) is 7.37. The first-order valence-corrected chi connectivity index (χ1v) is 7.73. The predicted molar refractivity (Wildman–Crippen MR) is 59.7 cm³/mol. The summed E-state index contributed by atoms with van der Waals surface area (Å²) in [6.07, 6.45) is 7.82. The van der Waals surface area contributed by atoms with Crippen LogP contribution in [-0.2, 0) is 0 Å². The fraction of sp³-hybridized carbons (Fsp3) is 1.00. The minimum Gasteiger partial charge on any atom is -0.396 e. The molecular formula is C10H24OP+. The van der Waals surface area contributed by atoms with Gasteiger partial charge in [0.15, 0.2) is 0 Å². The molecule has 0 amide bonds. The molecule has 0 rings (SSSR count). The minimum atomic E-state index is -0.580. The molecule has 0 radical (unpaired) electrons. The highest BCUT2D eigenvalue weighted by atomic mass is 31.2. The Morgan fingerprint density at radius 1 is 0.917 bits per heavy atom. The van der Waals surface area contributed by atoms with Gasteiger partial charge in [0.05, 0.1) is 24.6 Å². The molecule has 1 N–H and O–H groups in total. The van der Waals surface area contributed by atoms with Crippen LogP contribution in [-0.4, -0.2) is 36.4 Å². The van der Waals surface area contributed by atoms with Gasteiger partial charge in [0.25, 0.3) is 0 Å². The Morgan fingerprint density at radius 2 is 1.42 bits per heavy atom. The molecule has 74 valence electrons. The second-order valence-electron chi connectivity index (χ2n) is 3.44. The summed E-state index contributed by atoms with van der Waals surface area (Å²) in [7, 11) is -0.580. The molecule has 0 saturated heterocycles. The summed E-state index contributed by atoms with van der Waals surface area (Å²) in [5, 5.41) is 8.69. The topological polar surface area (TPSA) is 20.2 Å². The van der Waals surface area contributed by atoms with Crippen LogP contribution in [0.25, 0.3) is 0 Å². The van der Waals surface area contributed by atoms with E-state index in [9.17, 15) is 0 Å². The molecule has 0 aromatic carbocycles. The average Bonchev–Trinajstić information content (AvgIpc) is 2.14. The first-order valence-electron chi connectivity index (χ1n) is 5.20. The molecule has 0 aliphatic carbocycles. The largest absolute Gasteiger partial charge is 0.396 e. The maximum atomic E-state index is 8.69. The van der Waals surface area contributed by atoms with Crippen molar-refractivity contribution in [3.63, 3.8) is 0 Å². The number of aliphatic hydroxyl groups is 1. The predicted octanol–water partition coefficient (Wildman–Crippen LogP) is 2.84. The third kappa shape index (κ3) is 3.87. The molecular weight excluding hydrogens is 167 g/mol. The highest BCUT2D eigenvalue weighted by Gasteiger charge is 2.29. The first kappa shape index (κ1) is 12.4. The van der Waals surface area contributed by atoms with Gasteiger partial charge in [0, 0.05) is 13.9 Å². The zero-order chi connectivity index (χ0) is 9.45. The summed E-state index contributed by atoms with van der Waals surface area (Å²) in [5.74, 6) is 0. The van der Waals surface area contributed by atoms with E-state index >= 15 is 0 Å². The zero-order valence-corrected chi connectivity index (χ0v) is 9.74. The van der Waals surface area contributed by atoms with Gasteiger partial charge in [0.2, 0.25) is 0 Å². The van der Waals surface area contributed by atoms with E-state index in [-0.39, 0.29) is 0 Å². The van der Waals surface area contributed by atoms with Crippen LogP contribution >= 0.6 is 7.26 Å².